The Morgan fingerprint density at radius 3 is 2.86 bits per heavy atom. The number of nitrogens with one attached hydrogen (secondary N) is 1. The molecule has 1 aliphatic heterocycles. The van der Waals surface area contributed by atoms with Crippen molar-refractivity contribution in [1.82, 2.24) is 34.3 Å². The van der Waals surface area contributed by atoms with E-state index in [1.165, 1.54) is 30.5 Å². The Labute approximate surface area is 218 Å². The zero-order valence-electron chi connectivity index (χ0n) is 20.8. The molecule has 5 heterocycles. The normalized spacial score (nSPS) is 15.0. The monoisotopic (exact) mass is 525 g/mol. The van der Waals surface area contributed by atoms with Gasteiger partial charge in [-0.25, -0.2) is 15.0 Å². The summed E-state index contributed by atoms with van der Waals surface area (Å²) in [6.07, 6.45) is 7.85. The van der Waals surface area contributed by atoms with Crippen molar-refractivity contribution in [3.8, 4) is 11.6 Å². The Balaban J connectivity index is 1.44. The van der Waals surface area contributed by atoms with Gasteiger partial charge in [-0.15, -0.1) is 0 Å². The Morgan fingerprint density at radius 2 is 2.11 bits per heavy atom. The van der Waals surface area contributed by atoms with Crippen LogP contribution in [0, 0.1) is 0 Å². The van der Waals surface area contributed by atoms with Crippen LogP contribution in [-0.4, -0.2) is 52.6 Å². The van der Waals surface area contributed by atoms with Gasteiger partial charge in [0, 0.05) is 49.4 Å². The smallest absolute Gasteiger partial charge is 0.244 e. The van der Waals surface area contributed by atoms with Crippen molar-refractivity contribution in [3.63, 3.8) is 0 Å². The molecule has 0 amide bonds. The molecule has 0 bridgehead atoms. The Bertz CT molecular complexity index is 1480. The first-order chi connectivity index (χ1) is 17.8. The highest BCUT2D eigenvalue weighted by atomic mass is 35.5. The molecule has 4 N–H and O–H groups in total. The van der Waals surface area contributed by atoms with E-state index in [1.54, 1.807) is 4.57 Å². The van der Waals surface area contributed by atoms with Gasteiger partial charge in [0.25, 0.3) is 0 Å². The van der Waals surface area contributed by atoms with Crippen LogP contribution < -0.4 is 20.5 Å². The number of ether oxygens (including phenoxy) is 2. The Morgan fingerprint density at radius 1 is 1.30 bits per heavy atom. The standard InChI is InChI=1S/C24H28ClN9O3/c1-24(2)5-4-8-34-16(24)11-17(32-34)30-23-31-21-20(33(23)3)18(25)15(13-29-21)37-14(12-26)19-22(36-10-9-35)28-7-6-27-19/h6-7,11-13,35H,4-5,8-10,26H2,1-3H3,(H,29,30,31,32). The lowest BCUT2D eigenvalue weighted by atomic mass is 9.82. The topological polar surface area (TPSA) is 151 Å². The molecule has 5 rings (SSSR count). The first-order valence-corrected chi connectivity index (χ1v) is 12.2. The fourth-order valence-corrected chi connectivity index (χ4v) is 4.72. The summed E-state index contributed by atoms with van der Waals surface area (Å²) >= 11 is 6.75. The maximum Gasteiger partial charge on any atom is 0.244 e. The van der Waals surface area contributed by atoms with E-state index in [0.717, 1.165) is 19.4 Å². The maximum atomic E-state index is 9.09. The third-order valence-electron chi connectivity index (χ3n) is 6.29. The molecule has 194 valence electrons. The van der Waals surface area contributed by atoms with Gasteiger partial charge in [-0.1, -0.05) is 25.4 Å². The minimum Gasteiger partial charge on any atom is -0.474 e. The van der Waals surface area contributed by atoms with Crippen LogP contribution in [0.3, 0.4) is 0 Å². The molecule has 0 spiro atoms. The van der Waals surface area contributed by atoms with Crippen LogP contribution in [0.5, 0.6) is 11.6 Å². The van der Waals surface area contributed by atoms with Gasteiger partial charge in [0.2, 0.25) is 11.8 Å². The minimum atomic E-state index is -0.179. The summed E-state index contributed by atoms with van der Waals surface area (Å²) in [6, 6.07) is 2.07. The summed E-state index contributed by atoms with van der Waals surface area (Å²) < 4.78 is 15.3. The van der Waals surface area contributed by atoms with Gasteiger partial charge < -0.3 is 30.2 Å². The van der Waals surface area contributed by atoms with E-state index < -0.39 is 0 Å². The molecule has 4 aromatic heterocycles. The second-order valence-electron chi connectivity index (χ2n) is 9.27. The fourth-order valence-electron chi connectivity index (χ4n) is 4.42. The molecule has 0 saturated carbocycles. The molecule has 0 radical (unpaired) electrons. The number of aliphatic hydroxyl groups excluding tert-OH is 1. The quantitative estimate of drug-likeness (QED) is 0.292. The highest BCUT2D eigenvalue weighted by Gasteiger charge is 2.30. The van der Waals surface area contributed by atoms with Gasteiger partial charge >= 0.3 is 0 Å². The van der Waals surface area contributed by atoms with Crippen LogP contribution in [0.2, 0.25) is 5.02 Å². The van der Waals surface area contributed by atoms with Crippen molar-refractivity contribution in [3.05, 3.63) is 47.3 Å². The van der Waals surface area contributed by atoms with Gasteiger partial charge in [-0.3, -0.25) is 4.68 Å². The number of rotatable bonds is 8. The molecular formula is C24H28ClN9O3. The molecule has 0 aromatic carbocycles. The molecule has 1 aliphatic rings. The molecule has 4 aromatic rings. The van der Waals surface area contributed by atoms with E-state index in [0.29, 0.717) is 28.0 Å². The van der Waals surface area contributed by atoms with Crippen molar-refractivity contribution in [2.45, 2.75) is 38.6 Å². The average Bonchev–Trinajstić information content (AvgIpc) is 3.44. The number of nitrogens with zero attached hydrogens (tertiary/aromatic N) is 7. The highest BCUT2D eigenvalue weighted by Crippen LogP contribution is 2.37. The molecule has 37 heavy (non-hydrogen) atoms. The molecule has 12 nitrogen and oxygen atoms in total. The lowest BCUT2D eigenvalue weighted by molar-refractivity contribution is 0.195. The third kappa shape index (κ3) is 4.65. The number of hydrogen-bond acceptors (Lipinski definition) is 10. The van der Waals surface area contributed by atoms with Crippen LogP contribution in [0.4, 0.5) is 11.8 Å². The molecule has 13 heteroatoms. The molecule has 0 aliphatic carbocycles. The number of pyridine rings is 1. The summed E-state index contributed by atoms with van der Waals surface area (Å²) in [7, 11) is 1.83. The lowest BCUT2D eigenvalue weighted by Crippen LogP contribution is -2.27. The van der Waals surface area contributed by atoms with Crippen molar-refractivity contribution >= 4 is 40.3 Å². The van der Waals surface area contributed by atoms with Crippen LogP contribution in [0.25, 0.3) is 16.9 Å². The number of hydrogen-bond donors (Lipinski definition) is 3. The van der Waals surface area contributed by atoms with Crippen molar-refractivity contribution in [1.29, 1.82) is 0 Å². The first-order valence-electron chi connectivity index (χ1n) is 11.8. The van der Waals surface area contributed by atoms with E-state index in [4.69, 9.17) is 37.0 Å². The molecule has 0 saturated heterocycles. The summed E-state index contributed by atoms with van der Waals surface area (Å²) in [5.74, 6) is 1.82. The summed E-state index contributed by atoms with van der Waals surface area (Å²) in [6.45, 7) is 5.22. The summed E-state index contributed by atoms with van der Waals surface area (Å²) in [4.78, 5) is 17.4. The van der Waals surface area contributed by atoms with E-state index in [1.807, 2.05) is 7.05 Å². The molecule has 0 fully saturated rings. The first kappa shape index (κ1) is 24.8. The zero-order valence-corrected chi connectivity index (χ0v) is 21.5. The van der Waals surface area contributed by atoms with Gasteiger partial charge in [-0.2, -0.15) is 10.1 Å². The van der Waals surface area contributed by atoms with Crippen molar-refractivity contribution < 1.29 is 14.6 Å². The number of nitrogens with two attached hydrogens (primary N) is 1. The van der Waals surface area contributed by atoms with Crippen LogP contribution in [-0.2, 0) is 19.0 Å². The largest absolute Gasteiger partial charge is 0.474 e. The van der Waals surface area contributed by atoms with Gasteiger partial charge in [0.05, 0.1) is 12.8 Å². The number of aryl methyl sites for hydroxylation is 2. The van der Waals surface area contributed by atoms with Crippen LogP contribution in [0.15, 0.2) is 30.9 Å². The van der Waals surface area contributed by atoms with Crippen LogP contribution in [0.1, 0.15) is 38.1 Å². The van der Waals surface area contributed by atoms with E-state index in [9.17, 15) is 0 Å². The van der Waals surface area contributed by atoms with Crippen LogP contribution >= 0.6 is 11.6 Å². The molecule has 0 atom stereocenters. The predicted molar refractivity (Wildman–Crippen MR) is 139 cm³/mol. The average molecular weight is 526 g/mol. The molecular weight excluding hydrogens is 498 g/mol. The number of halogens is 1. The van der Waals surface area contributed by atoms with Crippen molar-refractivity contribution in [2.75, 3.05) is 18.5 Å². The number of aromatic nitrogens is 7. The number of imidazole rings is 1. The third-order valence-corrected chi connectivity index (χ3v) is 6.65. The maximum absolute atomic E-state index is 9.09. The zero-order chi connectivity index (χ0) is 26.2. The van der Waals surface area contributed by atoms with E-state index >= 15 is 0 Å². The van der Waals surface area contributed by atoms with E-state index in [2.05, 4.69) is 49.8 Å². The Hall–Kier alpha value is -3.90. The SMILES string of the molecule is Cn1c(Nc2cc3n(n2)CCCC3(C)C)nc2ncc(OC(=CN)c3nccnc3OCCO)c(Cl)c21. The van der Waals surface area contributed by atoms with Crippen molar-refractivity contribution in [2.24, 2.45) is 12.8 Å². The van der Waals surface area contributed by atoms with E-state index in [-0.39, 0.29) is 41.7 Å². The lowest BCUT2D eigenvalue weighted by Gasteiger charge is -2.30. The second kappa shape index (κ2) is 9.87. The Kier molecular flexibility index (Phi) is 6.61. The van der Waals surface area contributed by atoms with Gasteiger partial charge in [-0.05, 0) is 12.8 Å². The van der Waals surface area contributed by atoms with Gasteiger partial charge in [0.15, 0.2) is 28.7 Å². The predicted octanol–water partition coefficient (Wildman–Crippen LogP) is 3.13. The number of anilines is 2. The fraction of sp³-hybridized carbons (Fsp3) is 0.375. The summed E-state index contributed by atoms with van der Waals surface area (Å²) in [5, 5.41) is 17.4. The van der Waals surface area contributed by atoms with Gasteiger partial charge in [0.1, 0.15) is 17.1 Å². The number of aliphatic hydroxyl groups is 1. The number of fused-ring (bicyclic) bond motifs is 2. The highest BCUT2D eigenvalue weighted by molar-refractivity contribution is 6.36. The minimum absolute atomic E-state index is 0.0415. The second-order valence-corrected chi connectivity index (χ2v) is 9.65. The molecule has 0 unspecified atom stereocenters. The summed E-state index contributed by atoms with van der Waals surface area (Å²) in [5.41, 5.74) is 8.36.